The number of rotatable bonds is 8. The number of phosphoric ester groups is 1. The van der Waals surface area contributed by atoms with Gasteiger partial charge in [0.1, 0.15) is 24.2 Å². The molecule has 0 radical (unpaired) electrons. The van der Waals surface area contributed by atoms with Gasteiger partial charge in [0.15, 0.2) is 11.5 Å². The van der Waals surface area contributed by atoms with Crippen molar-refractivity contribution in [3.05, 3.63) is 12.7 Å². The Bertz CT molecular complexity index is 1080. The van der Waals surface area contributed by atoms with Gasteiger partial charge in [-0.3, -0.25) is 18.2 Å². The van der Waals surface area contributed by atoms with E-state index < -0.39 is 48.5 Å². The van der Waals surface area contributed by atoms with Crippen LogP contribution in [0.1, 0.15) is 12.6 Å². The van der Waals surface area contributed by atoms with Crippen LogP contribution in [0.4, 0.5) is 5.82 Å². The number of aliphatic hydroxyl groups excluding tert-OH is 1. The van der Waals surface area contributed by atoms with Crippen LogP contribution in [0.2, 0.25) is 0 Å². The predicted octanol–water partition coefficient (Wildman–Crippen LogP) is -7.86. The average molecular weight is 508 g/mol. The molecule has 0 aromatic carbocycles. The first-order chi connectivity index (χ1) is 13.8. The van der Waals surface area contributed by atoms with Crippen molar-refractivity contribution in [1.82, 2.24) is 19.5 Å². The molecule has 3 rings (SSSR count). The summed E-state index contributed by atoms with van der Waals surface area (Å²) in [5, 5.41) is 10.1. The molecule has 22 heteroatoms. The number of aromatic nitrogens is 4. The number of phosphoric acid groups is 3. The van der Waals surface area contributed by atoms with E-state index in [1.165, 1.54) is 17.2 Å². The standard InChI is InChI=1S/C10H16N5O12P3.2Li/c11-9-8-10(13-3-12-9)15(4-14-8)7-1-5(16)6(25-7)2-24-29(20,21)27-30(22,23)26-28(17,18)19;;/h3-7,16H,1-2H2,(H,20,21)(H,22,23)(H2,11,12,13)(H2,17,18,19);;/q;2*+1/p-2/t5-,6-,7-;;/m1../s1/i11+1,12+1,13+1,14+1,15+1;;. The molecule has 1 fully saturated rings. The van der Waals surface area contributed by atoms with E-state index in [-0.39, 0.29) is 55.5 Å². The second-order valence-corrected chi connectivity index (χ2v) is 10.2. The largest absolute Gasteiger partial charge is 1.00 e. The Hall–Kier alpha value is -0.125. The van der Waals surface area contributed by atoms with Gasteiger partial charge in [-0.2, -0.15) is 0 Å². The van der Waals surface area contributed by atoms with Crippen LogP contribution in [0, 0.1) is 0 Å². The second-order valence-electron chi connectivity index (χ2n) is 5.86. The third-order valence-corrected chi connectivity index (χ3v) is 7.44. The molecule has 3 heterocycles. The first kappa shape index (κ1) is 29.9. The number of nitrogen functional groups attached to an aromatic ring is 1. The molecule has 0 amide bonds. The number of nitrogens with zero attached hydrogens (tertiary/aromatic N) is 4. The Balaban J connectivity index is 0.00000256. The maximum Gasteiger partial charge on any atom is 1.00 e. The fourth-order valence-corrected chi connectivity index (χ4v) is 5.51. The summed E-state index contributed by atoms with van der Waals surface area (Å²) in [6, 6.07) is 0. The molecule has 1 aliphatic heterocycles. The first-order valence-electron chi connectivity index (χ1n) is 7.78. The smallest absolute Gasteiger partial charge is 0.756 e. The topological polar surface area (TPSA) is 265 Å². The fourth-order valence-electron chi connectivity index (χ4n) is 2.58. The molecule has 2 aromatic rings. The quantitative estimate of drug-likeness (QED) is 0.147. The summed E-state index contributed by atoms with van der Waals surface area (Å²) in [5.41, 5.74) is 6.27. The van der Waals surface area contributed by atoms with Crippen molar-refractivity contribution in [3.63, 3.8) is 0 Å². The van der Waals surface area contributed by atoms with Gasteiger partial charge in [0, 0.05) is 6.42 Å². The number of aliphatic hydroxyl groups is 1. The Morgan fingerprint density at radius 2 is 1.84 bits per heavy atom. The minimum Gasteiger partial charge on any atom is -0.756 e. The molecule has 5 N–H and O–H groups in total. The number of hydrogen-bond donors (Lipinski definition) is 4. The van der Waals surface area contributed by atoms with E-state index in [4.69, 9.17) is 15.4 Å². The Kier molecular flexibility index (Phi) is 10.4. The van der Waals surface area contributed by atoms with Gasteiger partial charge in [-0.25, -0.2) is 28.1 Å². The predicted molar refractivity (Wildman–Crippen MR) is 89.6 cm³/mol. The summed E-state index contributed by atoms with van der Waals surface area (Å²) in [5.74, 6) is 0.116. The first-order valence-corrected chi connectivity index (χ1v) is 12.2. The van der Waals surface area contributed by atoms with Gasteiger partial charge in [0.2, 0.25) is 0 Å². The second kappa shape index (κ2) is 11.1. The maximum atomic E-state index is 11.7. The molecule has 17 nitrogen and oxygen atoms in total. The minimum atomic E-state index is -5.95. The Morgan fingerprint density at radius 3 is 2.47 bits per heavy atom. The fraction of sp³-hybridized carbons (Fsp3) is 0.500. The van der Waals surface area contributed by atoms with Crippen LogP contribution in [-0.2, 0) is 31.6 Å². The maximum absolute atomic E-state index is 11.7. The van der Waals surface area contributed by atoms with E-state index in [9.17, 15) is 33.5 Å². The number of nitrogens with two attached hydrogens (primary N) is 1. The van der Waals surface area contributed by atoms with E-state index in [1.54, 1.807) is 0 Å². The number of imidazole rings is 1. The molecule has 3 unspecified atom stereocenters. The van der Waals surface area contributed by atoms with Gasteiger partial charge in [-0.15, -0.1) is 0 Å². The van der Waals surface area contributed by atoms with E-state index >= 15 is 0 Å². The normalized spacial score (nSPS) is 26.3. The van der Waals surface area contributed by atoms with Crippen LogP contribution < -0.4 is 53.2 Å². The van der Waals surface area contributed by atoms with Crippen LogP contribution in [0.5, 0.6) is 0 Å². The molecule has 2 aromatic heterocycles. The van der Waals surface area contributed by atoms with Crippen molar-refractivity contribution in [3.8, 4) is 0 Å². The van der Waals surface area contributed by atoms with E-state index in [1.807, 2.05) is 0 Å². The molecule has 0 spiro atoms. The molecule has 168 valence electrons. The zero-order chi connectivity index (χ0) is 22.3. The number of ether oxygens (including phenoxy) is 1. The summed E-state index contributed by atoms with van der Waals surface area (Å²) in [4.78, 5) is 51.2. The molecular weight excluding hydrogens is 494 g/mol. The average Bonchev–Trinajstić information content (AvgIpc) is 3.14. The third kappa shape index (κ3) is 7.70. The van der Waals surface area contributed by atoms with Crippen molar-refractivity contribution in [2.24, 2.45) is 0 Å². The molecule has 0 aliphatic carbocycles. The summed E-state index contributed by atoms with van der Waals surface area (Å²) in [6.07, 6.45) is -0.767. The van der Waals surface area contributed by atoms with Crippen molar-refractivity contribution in [2.45, 2.75) is 24.9 Å². The zero-order valence-corrected chi connectivity index (χ0v) is 19.2. The molecule has 32 heavy (non-hydrogen) atoms. The number of hydrogen-bond acceptors (Lipinski definition) is 14. The monoisotopic (exact) mass is 508 g/mol. The molecule has 1 saturated heterocycles. The summed E-state index contributed by atoms with van der Waals surface area (Å²) >= 11 is 0. The molecule has 0 bridgehead atoms. The Morgan fingerprint density at radius 1 is 1.19 bits per heavy atom. The van der Waals surface area contributed by atoms with Gasteiger partial charge in [0.25, 0.3) is 15.6 Å². The van der Waals surface area contributed by atoms with Crippen LogP contribution >= 0.6 is 23.5 Å². The number of anilines is 1. The van der Waals surface area contributed by atoms with E-state index in [0.717, 1.165) is 0 Å². The summed E-state index contributed by atoms with van der Waals surface area (Å²) in [7, 11) is -17.2. The van der Waals surface area contributed by atoms with Crippen molar-refractivity contribution in [2.75, 3.05) is 12.3 Å². The van der Waals surface area contributed by atoms with Gasteiger partial charge >= 0.3 is 45.5 Å². The third-order valence-electron chi connectivity index (χ3n) is 3.71. The van der Waals surface area contributed by atoms with Crippen molar-refractivity contribution < 1.29 is 94.0 Å². The molecular formula is C10H14Li2N5O12P3. The molecule has 0 saturated carbocycles. The zero-order valence-electron chi connectivity index (χ0n) is 16.5. The van der Waals surface area contributed by atoms with Crippen LogP contribution in [0.15, 0.2) is 12.7 Å². The number of fused-ring (bicyclic) bond motifs is 1. The van der Waals surface area contributed by atoms with Crippen molar-refractivity contribution in [1.29, 1.82) is 0 Å². The summed E-state index contributed by atoms with van der Waals surface area (Å²) in [6.45, 7) is -0.830. The van der Waals surface area contributed by atoms with Gasteiger partial charge in [-0.05, 0) is 0 Å². The van der Waals surface area contributed by atoms with E-state index in [0.29, 0.717) is 5.65 Å². The SMILES string of the molecule is [15NH2]c1[15n]c[15n]c2c1[15n]c[15n]2[C@H]1C[C@@H](O)[C@@H](COP(=O)(O)OP(=O)([O-])OP(=O)([O-])O)O1.[Li+].[Li+]. The van der Waals surface area contributed by atoms with Crippen LogP contribution in [-0.4, -0.2) is 53.2 Å². The van der Waals surface area contributed by atoms with Gasteiger partial charge < -0.3 is 35.2 Å². The minimum absolute atomic E-state index is 0. The van der Waals surface area contributed by atoms with Crippen LogP contribution in [0.25, 0.3) is 11.2 Å². The molecule has 6 atom stereocenters. The Labute approximate surface area is 203 Å². The summed E-state index contributed by atoms with van der Waals surface area (Å²) < 4.78 is 51.5. The van der Waals surface area contributed by atoms with Crippen LogP contribution in [0.3, 0.4) is 0 Å². The van der Waals surface area contributed by atoms with Gasteiger partial charge in [0.05, 0.1) is 19.0 Å². The van der Waals surface area contributed by atoms with Gasteiger partial charge in [-0.1, -0.05) is 0 Å². The van der Waals surface area contributed by atoms with E-state index in [2.05, 4.69) is 28.1 Å². The molecule has 1 aliphatic rings. The van der Waals surface area contributed by atoms with Crippen molar-refractivity contribution >= 4 is 40.4 Å².